The fraction of sp³-hybridized carbons (Fsp3) is 0.579. The summed E-state index contributed by atoms with van der Waals surface area (Å²) >= 11 is 0. The molecule has 1 aliphatic rings. The Morgan fingerprint density at radius 2 is 1.97 bits per heavy atom. The van der Waals surface area contributed by atoms with Gasteiger partial charge in [0.1, 0.15) is 12.0 Å². The van der Waals surface area contributed by atoms with Gasteiger partial charge in [0.05, 0.1) is 18.0 Å². The first-order valence-electron chi connectivity index (χ1n) is 9.58. The summed E-state index contributed by atoms with van der Waals surface area (Å²) in [5.41, 5.74) is 0.215. The molecular formula is C19H28FN3O5S. The number of carbonyl (C=O) groups excluding carboxylic acids is 2. The fourth-order valence-corrected chi connectivity index (χ4v) is 4.48. The third-order valence-electron chi connectivity index (χ3n) is 4.54. The zero-order chi connectivity index (χ0) is 21.6. The molecule has 1 aromatic rings. The van der Waals surface area contributed by atoms with Gasteiger partial charge >= 0.3 is 11.8 Å². The molecule has 0 radical (unpaired) electrons. The predicted octanol–water partition coefficient (Wildman–Crippen LogP) is 1.15. The lowest BCUT2D eigenvalue weighted by molar-refractivity contribution is -0.140. The highest BCUT2D eigenvalue weighted by molar-refractivity contribution is 7.89. The number of carbonyl (C=O) groups is 2. The van der Waals surface area contributed by atoms with Crippen LogP contribution in [-0.2, 0) is 24.3 Å². The molecule has 0 spiro atoms. The maximum atomic E-state index is 13.5. The SMILES string of the molecule is Cc1cc(S(=O)(=O)N2CCCO[C@@H]2CNC(=O)C(=O)NCCC(C)C)ccc1F. The zero-order valence-electron chi connectivity index (χ0n) is 16.9. The number of amides is 2. The maximum Gasteiger partial charge on any atom is 0.309 e. The van der Waals surface area contributed by atoms with E-state index >= 15 is 0 Å². The van der Waals surface area contributed by atoms with Gasteiger partial charge < -0.3 is 15.4 Å². The molecule has 1 saturated heterocycles. The molecule has 1 atom stereocenters. The van der Waals surface area contributed by atoms with Gasteiger partial charge in [-0.25, -0.2) is 12.8 Å². The number of rotatable bonds is 7. The Hall–Kier alpha value is -2.04. The average molecular weight is 430 g/mol. The second-order valence-electron chi connectivity index (χ2n) is 7.35. The number of ether oxygens (including phenoxy) is 1. The molecule has 2 N–H and O–H groups in total. The normalized spacial score (nSPS) is 17.9. The molecule has 1 fully saturated rings. The third-order valence-corrected chi connectivity index (χ3v) is 6.43. The summed E-state index contributed by atoms with van der Waals surface area (Å²) in [6.45, 7) is 6.23. The maximum absolute atomic E-state index is 13.5. The van der Waals surface area contributed by atoms with Gasteiger partial charge in [-0.15, -0.1) is 0 Å². The molecule has 2 amide bonds. The molecule has 1 aromatic carbocycles. The van der Waals surface area contributed by atoms with E-state index in [-0.39, 0.29) is 23.5 Å². The molecule has 8 nitrogen and oxygen atoms in total. The molecule has 1 heterocycles. The Morgan fingerprint density at radius 3 is 2.62 bits per heavy atom. The van der Waals surface area contributed by atoms with Gasteiger partial charge in [0, 0.05) is 13.1 Å². The molecule has 0 aliphatic carbocycles. The van der Waals surface area contributed by atoms with Gasteiger partial charge in [0.15, 0.2) is 0 Å². The Kier molecular flexibility index (Phi) is 8.12. The van der Waals surface area contributed by atoms with Crippen LogP contribution in [0.3, 0.4) is 0 Å². The molecular weight excluding hydrogens is 401 g/mol. The van der Waals surface area contributed by atoms with Crippen LogP contribution in [0.15, 0.2) is 23.1 Å². The van der Waals surface area contributed by atoms with Crippen LogP contribution in [0.25, 0.3) is 0 Å². The van der Waals surface area contributed by atoms with Crippen molar-refractivity contribution in [3.05, 3.63) is 29.6 Å². The van der Waals surface area contributed by atoms with Crippen molar-refractivity contribution in [1.29, 1.82) is 0 Å². The van der Waals surface area contributed by atoms with Crippen LogP contribution in [0.5, 0.6) is 0 Å². The van der Waals surface area contributed by atoms with Crippen LogP contribution in [0, 0.1) is 18.7 Å². The highest BCUT2D eigenvalue weighted by Crippen LogP contribution is 2.23. The molecule has 0 saturated carbocycles. The van der Waals surface area contributed by atoms with Gasteiger partial charge in [0.2, 0.25) is 10.0 Å². The molecule has 0 unspecified atom stereocenters. The van der Waals surface area contributed by atoms with Crippen LogP contribution >= 0.6 is 0 Å². The largest absolute Gasteiger partial charge is 0.360 e. The van der Waals surface area contributed by atoms with Gasteiger partial charge in [-0.05, 0) is 49.4 Å². The van der Waals surface area contributed by atoms with Crippen LogP contribution in [0.1, 0.15) is 32.3 Å². The number of benzene rings is 1. The van der Waals surface area contributed by atoms with Crippen molar-refractivity contribution < 1.29 is 27.1 Å². The topological polar surface area (TPSA) is 105 Å². The molecule has 162 valence electrons. The number of hydrogen-bond donors (Lipinski definition) is 2. The first kappa shape index (κ1) is 23.2. The summed E-state index contributed by atoms with van der Waals surface area (Å²) < 4.78 is 46.1. The highest BCUT2D eigenvalue weighted by Gasteiger charge is 2.35. The van der Waals surface area contributed by atoms with Crippen LogP contribution in [0.2, 0.25) is 0 Å². The fourth-order valence-electron chi connectivity index (χ4n) is 2.83. The lowest BCUT2D eigenvalue weighted by atomic mass is 10.1. The third kappa shape index (κ3) is 6.22. The van der Waals surface area contributed by atoms with E-state index in [0.717, 1.165) is 16.8 Å². The number of aryl methyl sites for hydroxylation is 1. The number of nitrogens with one attached hydrogen (secondary N) is 2. The summed E-state index contributed by atoms with van der Waals surface area (Å²) in [7, 11) is -3.95. The van der Waals surface area contributed by atoms with Crippen LogP contribution in [0.4, 0.5) is 4.39 Å². The van der Waals surface area contributed by atoms with Crippen molar-refractivity contribution in [2.45, 2.75) is 44.7 Å². The lowest BCUT2D eigenvalue weighted by Gasteiger charge is -2.34. The molecule has 0 bridgehead atoms. The van der Waals surface area contributed by atoms with Gasteiger partial charge in [-0.1, -0.05) is 13.8 Å². The molecule has 29 heavy (non-hydrogen) atoms. The first-order chi connectivity index (χ1) is 13.6. The second-order valence-corrected chi connectivity index (χ2v) is 9.24. The van der Waals surface area contributed by atoms with E-state index in [1.54, 1.807) is 0 Å². The van der Waals surface area contributed by atoms with Crippen molar-refractivity contribution in [3.8, 4) is 0 Å². The summed E-state index contributed by atoms with van der Waals surface area (Å²) in [5.74, 6) is -1.73. The minimum Gasteiger partial charge on any atom is -0.360 e. The van der Waals surface area contributed by atoms with E-state index in [0.29, 0.717) is 25.5 Å². The summed E-state index contributed by atoms with van der Waals surface area (Å²) in [6, 6.07) is 3.56. The number of hydrogen-bond acceptors (Lipinski definition) is 5. The quantitative estimate of drug-likeness (QED) is 0.633. The van der Waals surface area contributed by atoms with E-state index in [1.807, 2.05) is 13.8 Å². The lowest BCUT2D eigenvalue weighted by Crippen LogP contribution is -2.53. The van der Waals surface area contributed by atoms with Crippen molar-refractivity contribution in [2.75, 3.05) is 26.2 Å². The smallest absolute Gasteiger partial charge is 0.309 e. The van der Waals surface area contributed by atoms with Crippen molar-refractivity contribution in [2.24, 2.45) is 5.92 Å². The van der Waals surface area contributed by atoms with Gasteiger partial charge in [-0.3, -0.25) is 9.59 Å². The summed E-state index contributed by atoms with van der Waals surface area (Å²) in [6.07, 6.45) is 0.277. The Labute approximate surface area is 170 Å². The molecule has 1 aliphatic heterocycles. The number of nitrogens with zero attached hydrogens (tertiary/aromatic N) is 1. The highest BCUT2D eigenvalue weighted by atomic mass is 32.2. The molecule has 0 aromatic heterocycles. The minimum atomic E-state index is -3.95. The first-order valence-corrected chi connectivity index (χ1v) is 11.0. The molecule has 2 rings (SSSR count). The van der Waals surface area contributed by atoms with Gasteiger partial charge in [0.25, 0.3) is 0 Å². The Bertz CT molecular complexity index is 844. The Morgan fingerprint density at radius 1 is 1.28 bits per heavy atom. The Balaban J connectivity index is 2.02. The average Bonchev–Trinajstić information content (AvgIpc) is 2.67. The van der Waals surface area contributed by atoms with E-state index in [1.165, 1.54) is 19.1 Å². The zero-order valence-corrected chi connectivity index (χ0v) is 17.7. The van der Waals surface area contributed by atoms with Crippen molar-refractivity contribution in [3.63, 3.8) is 0 Å². The monoisotopic (exact) mass is 429 g/mol. The molecule has 10 heteroatoms. The minimum absolute atomic E-state index is 0.0512. The van der Waals surface area contributed by atoms with E-state index < -0.39 is 33.9 Å². The van der Waals surface area contributed by atoms with Crippen LogP contribution < -0.4 is 10.6 Å². The van der Waals surface area contributed by atoms with E-state index in [9.17, 15) is 22.4 Å². The van der Waals surface area contributed by atoms with Crippen LogP contribution in [-0.4, -0.2) is 57.0 Å². The number of sulfonamides is 1. The standard InChI is InChI=1S/C19H28FN3O5S/c1-13(2)7-8-21-18(24)19(25)22-12-17-23(9-4-10-28-17)29(26,27)15-5-6-16(20)14(3)11-15/h5-6,11,13,17H,4,7-10,12H2,1-3H3,(H,21,24)(H,22,25)/t17-/m1/s1. The van der Waals surface area contributed by atoms with Crippen molar-refractivity contribution >= 4 is 21.8 Å². The van der Waals surface area contributed by atoms with E-state index in [4.69, 9.17) is 4.74 Å². The summed E-state index contributed by atoms with van der Waals surface area (Å²) in [4.78, 5) is 23.8. The summed E-state index contributed by atoms with van der Waals surface area (Å²) in [5, 5.41) is 4.94. The van der Waals surface area contributed by atoms with Crippen molar-refractivity contribution in [1.82, 2.24) is 14.9 Å². The van der Waals surface area contributed by atoms with E-state index in [2.05, 4.69) is 10.6 Å². The second kappa shape index (κ2) is 10.1. The van der Waals surface area contributed by atoms with Gasteiger partial charge in [-0.2, -0.15) is 4.31 Å². The predicted molar refractivity (Wildman–Crippen MR) is 105 cm³/mol. The number of halogens is 1.